The molecule has 1 aliphatic heterocycles. The maximum atomic E-state index is 11.1. The van der Waals surface area contributed by atoms with Gasteiger partial charge in [-0.3, -0.25) is 10.1 Å². The third-order valence-corrected chi connectivity index (χ3v) is 4.82. The van der Waals surface area contributed by atoms with E-state index in [1.165, 1.54) is 11.6 Å². The van der Waals surface area contributed by atoms with Crippen LogP contribution in [0.25, 0.3) is 0 Å². The molecule has 136 valence electrons. The van der Waals surface area contributed by atoms with E-state index in [0.29, 0.717) is 12.2 Å². The molecule has 1 unspecified atom stereocenters. The number of benzene rings is 3. The quantitative estimate of drug-likeness (QED) is 0.518. The first-order valence-corrected chi connectivity index (χ1v) is 8.77. The van der Waals surface area contributed by atoms with Crippen LogP contribution in [0.5, 0.6) is 5.75 Å². The van der Waals surface area contributed by atoms with E-state index >= 15 is 0 Å². The molecule has 0 saturated carbocycles. The van der Waals surface area contributed by atoms with Gasteiger partial charge in [-0.15, -0.1) is 0 Å². The second kappa shape index (κ2) is 6.99. The Bertz CT molecular complexity index is 975. The van der Waals surface area contributed by atoms with E-state index in [1.54, 1.807) is 24.3 Å². The molecule has 1 aliphatic rings. The number of phenolic OH excluding ortho intramolecular Hbond substituents is 1. The SMILES string of the molecule is O=[N+]([O-])c1ccc2c(c1)NC(c1ccccc1O)N2CCc1ccccc1. The number of phenols is 1. The number of nitro groups is 1. The minimum absolute atomic E-state index is 0.0437. The van der Waals surface area contributed by atoms with Gasteiger partial charge in [0.1, 0.15) is 11.9 Å². The summed E-state index contributed by atoms with van der Waals surface area (Å²) < 4.78 is 0. The first kappa shape index (κ1) is 16.9. The zero-order valence-corrected chi connectivity index (χ0v) is 14.6. The van der Waals surface area contributed by atoms with E-state index in [9.17, 15) is 15.2 Å². The highest BCUT2D eigenvalue weighted by molar-refractivity contribution is 5.79. The molecule has 0 saturated heterocycles. The number of nitro benzene ring substituents is 1. The molecule has 0 fully saturated rings. The summed E-state index contributed by atoms with van der Waals surface area (Å²) in [7, 11) is 0. The Hall–Kier alpha value is -3.54. The Morgan fingerprint density at radius 2 is 1.78 bits per heavy atom. The Labute approximate surface area is 156 Å². The fourth-order valence-corrected chi connectivity index (χ4v) is 3.48. The highest BCUT2D eigenvalue weighted by Gasteiger charge is 2.32. The number of para-hydroxylation sites is 1. The summed E-state index contributed by atoms with van der Waals surface area (Å²) in [6.07, 6.45) is 0.537. The van der Waals surface area contributed by atoms with Crippen molar-refractivity contribution in [1.29, 1.82) is 0 Å². The van der Waals surface area contributed by atoms with Gasteiger partial charge < -0.3 is 15.3 Å². The van der Waals surface area contributed by atoms with Crippen LogP contribution < -0.4 is 10.2 Å². The largest absolute Gasteiger partial charge is 0.508 e. The summed E-state index contributed by atoms with van der Waals surface area (Å²) in [5.41, 5.74) is 3.59. The van der Waals surface area contributed by atoms with Crippen molar-refractivity contribution >= 4 is 17.1 Å². The molecule has 2 N–H and O–H groups in total. The number of fused-ring (bicyclic) bond motifs is 1. The average Bonchev–Trinajstić information content (AvgIpc) is 3.05. The van der Waals surface area contributed by atoms with E-state index < -0.39 is 4.92 Å². The van der Waals surface area contributed by atoms with Crippen molar-refractivity contribution in [3.8, 4) is 5.75 Å². The number of nitrogens with zero attached hydrogens (tertiary/aromatic N) is 2. The predicted octanol–water partition coefficient (Wildman–Crippen LogP) is 4.47. The molecule has 3 aromatic rings. The normalized spacial score (nSPS) is 15.3. The van der Waals surface area contributed by atoms with Crippen LogP contribution >= 0.6 is 0 Å². The number of non-ortho nitro benzene ring substituents is 1. The van der Waals surface area contributed by atoms with Crippen LogP contribution in [0.15, 0.2) is 72.8 Å². The van der Waals surface area contributed by atoms with Gasteiger partial charge in [0.2, 0.25) is 0 Å². The summed E-state index contributed by atoms with van der Waals surface area (Å²) in [6.45, 7) is 0.709. The van der Waals surface area contributed by atoms with Crippen molar-refractivity contribution in [2.24, 2.45) is 0 Å². The third kappa shape index (κ3) is 3.29. The van der Waals surface area contributed by atoms with Crippen molar-refractivity contribution in [1.82, 2.24) is 0 Å². The Balaban J connectivity index is 1.69. The summed E-state index contributed by atoms with van der Waals surface area (Å²) in [6, 6.07) is 22.2. The molecular weight excluding hydrogens is 342 g/mol. The van der Waals surface area contributed by atoms with Gasteiger partial charge in [-0.1, -0.05) is 48.5 Å². The van der Waals surface area contributed by atoms with Crippen LogP contribution in [0.1, 0.15) is 17.3 Å². The second-order valence-electron chi connectivity index (χ2n) is 6.49. The topological polar surface area (TPSA) is 78.6 Å². The zero-order chi connectivity index (χ0) is 18.8. The number of rotatable bonds is 5. The Morgan fingerprint density at radius 1 is 1.04 bits per heavy atom. The smallest absolute Gasteiger partial charge is 0.271 e. The van der Waals surface area contributed by atoms with Gasteiger partial charge in [-0.25, -0.2) is 0 Å². The lowest BCUT2D eigenvalue weighted by Crippen LogP contribution is -2.30. The fraction of sp³-hybridized carbons (Fsp3) is 0.143. The summed E-state index contributed by atoms with van der Waals surface area (Å²) in [5, 5.41) is 24.8. The standard InChI is InChI=1S/C21H19N3O3/c25-20-9-5-4-8-17(20)21-22-18-14-16(24(26)27)10-11-19(18)23(21)13-12-15-6-2-1-3-7-15/h1-11,14,21-22,25H,12-13H2. The lowest BCUT2D eigenvalue weighted by atomic mass is 10.1. The van der Waals surface area contributed by atoms with Crippen molar-refractivity contribution in [3.05, 3.63) is 94.0 Å². The van der Waals surface area contributed by atoms with Crippen LogP contribution in [0, 0.1) is 10.1 Å². The number of anilines is 2. The summed E-state index contributed by atoms with van der Waals surface area (Å²) in [5.74, 6) is 0.196. The monoisotopic (exact) mass is 361 g/mol. The molecule has 3 aromatic carbocycles. The van der Waals surface area contributed by atoms with Gasteiger partial charge in [0.05, 0.1) is 16.3 Å². The second-order valence-corrected chi connectivity index (χ2v) is 6.49. The van der Waals surface area contributed by atoms with Crippen molar-refractivity contribution < 1.29 is 10.0 Å². The minimum atomic E-state index is -0.399. The van der Waals surface area contributed by atoms with Crippen LogP contribution in [-0.2, 0) is 6.42 Å². The fourth-order valence-electron chi connectivity index (χ4n) is 3.48. The van der Waals surface area contributed by atoms with Gasteiger partial charge >= 0.3 is 0 Å². The van der Waals surface area contributed by atoms with E-state index in [4.69, 9.17) is 0 Å². The van der Waals surface area contributed by atoms with Crippen molar-refractivity contribution in [3.63, 3.8) is 0 Å². The van der Waals surface area contributed by atoms with Crippen LogP contribution in [0.2, 0.25) is 0 Å². The highest BCUT2D eigenvalue weighted by Crippen LogP contribution is 2.44. The van der Waals surface area contributed by atoms with Crippen LogP contribution in [0.4, 0.5) is 17.1 Å². The van der Waals surface area contributed by atoms with Gasteiger partial charge in [0.25, 0.3) is 5.69 Å². The molecule has 0 amide bonds. The number of hydrogen-bond donors (Lipinski definition) is 2. The Morgan fingerprint density at radius 3 is 2.52 bits per heavy atom. The maximum absolute atomic E-state index is 11.1. The van der Waals surface area contributed by atoms with E-state index in [0.717, 1.165) is 17.7 Å². The van der Waals surface area contributed by atoms with Gasteiger partial charge in [0.15, 0.2) is 0 Å². The molecule has 0 aliphatic carbocycles. The molecule has 27 heavy (non-hydrogen) atoms. The van der Waals surface area contributed by atoms with Gasteiger partial charge in [0, 0.05) is 24.2 Å². The van der Waals surface area contributed by atoms with Crippen LogP contribution in [-0.4, -0.2) is 16.6 Å². The van der Waals surface area contributed by atoms with Gasteiger partial charge in [-0.05, 0) is 24.1 Å². The molecule has 0 radical (unpaired) electrons. The molecule has 4 rings (SSSR count). The molecule has 6 heteroatoms. The summed E-state index contributed by atoms with van der Waals surface area (Å²) in [4.78, 5) is 12.9. The maximum Gasteiger partial charge on any atom is 0.271 e. The lowest BCUT2D eigenvalue weighted by Gasteiger charge is -2.27. The lowest BCUT2D eigenvalue weighted by molar-refractivity contribution is -0.384. The number of aromatic hydroxyl groups is 1. The molecule has 6 nitrogen and oxygen atoms in total. The molecule has 0 aromatic heterocycles. The average molecular weight is 361 g/mol. The summed E-state index contributed by atoms with van der Waals surface area (Å²) >= 11 is 0. The zero-order valence-electron chi connectivity index (χ0n) is 14.6. The van der Waals surface area contributed by atoms with E-state index in [-0.39, 0.29) is 17.6 Å². The third-order valence-electron chi connectivity index (χ3n) is 4.82. The molecule has 1 atom stereocenters. The van der Waals surface area contributed by atoms with Crippen molar-refractivity contribution in [2.45, 2.75) is 12.6 Å². The predicted molar refractivity (Wildman–Crippen MR) is 105 cm³/mol. The van der Waals surface area contributed by atoms with E-state index in [1.807, 2.05) is 30.3 Å². The number of hydrogen-bond acceptors (Lipinski definition) is 5. The first-order chi connectivity index (χ1) is 13.1. The Kier molecular flexibility index (Phi) is 4.38. The van der Waals surface area contributed by atoms with Gasteiger partial charge in [-0.2, -0.15) is 0 Å². The highest BCUT2D eigenvalue weighted by atomic mass is 16.6. The molecule has 1 heterocycles. The van der Waals surface area contributed by atoms with E-state index in [2.05, 4.69) is 22.3 Å². The molecule has 0 bridgehead atoms. The minimum Gasteiger partial charge on any atom is -0.508 e. The van der Waals surface area contributed by atoms with Crippen molar-refractivity contribution in [2.75, 3.05) is 16.8 Å². The molecule has 0 spiro atoms. The molecular formula is C21H19N3O3. The first-order valence-electron chi connectivity index (χ1n) is 8.77. The van der Waals surface area contributed by atoms with Crippen LogP contribution in [0.3, 0.4) is 0 Å². The number of nitrogens with one attached hydrogen (secondary N) is 1.